The van der Waals surface area contributed by atoms with Crippen LogP contribution in [0, 0.1) is 6.92 Å². The molecule has 0 aliphatic carbocycles. The second kappa shape index (κ2) is 8.34. The van der Waals surface area contributed by atoms with E-state index < -0.39 is 0 Å². The number of ether oxygens (including phenoxy) is 1. The van der Waals surface area contributed by atoms with Gasteiger partial charge in [0.15, 0.2) is 6.61 Å². The van der Waals surface area contributed by atoms with Crippen LogP contribution in [0.4, 0.5) is 0 Å². The first-order chi connectivity index (χ1) is 14.2. The number of amides is 1. The molecule has 0 fully saturated rings. The number of hydrogen-bond donors (Lipinski definition) is 1. The van der Waals surface area contributed by atoms with Crippen molar-refractivity contribution in [2.24, 2.45) is 0 Å². The van der Waals surface area contributed by atoms with Gasteiger partial charge in [-0.1, -0.05) is 23.4 Å². The minimum atomic E-state index is -0.247. The summed E-state index contributed by atoms with van der Waals surface area (Å²) in [7, 11) is 0. The number of pyridine rings is 1. The van der Waals surface area contributed by atoms with Crippen molar-refractivity contribution in [3.63, 3.8) is 0 Å². The van der Waals surface area contributed by atoms with Crippen LogP contribution in [0.2, 0.25) is 0 Å². The molecule has 0 saturated heterocycles. The average molecular weight is 390 g/mol. The molecule has 4 aromatic rings. The van der Waals surface area contributed by atoms with E-state index in [9.17, 15) is 4.79 Å². The third-order valence-corrected chi connectivity index (χ3v) is 4.09. The summed E-state index contributed by atoms with van der Waals surface area (Å²) in [4.78, 5) is 25.1. The number of carbonyl (C=O) groups is 1. The number of hydrogen-bond acceptors (Lipinski definition) is 7. The van der Waals surface area contributed by atoms with Crippen molar-refractivity contribution < 1.29 is 14.1 Å². The Morgan fingerprint density at radius 2 is 2.14 bits per heavy atom. The van der Waals surface area contributed by atoms with E-state index in [2.05, 4.69) is 25.4 Å². The molecule has 3 aromatic heterocycles. The van der Waals surface area contributed by atoms with Crippen LogP contribution in [-0.2, 0) is 13.2 Å². The maximum absolute atomic E-state index is 12.6. The number of rotatable bonds is 7. The Balaban J connectivity index is 1.38. The van der Waals surface area contributed by atoms with Crippen LogP contribution in [0.15, 0.2) is 65.8 Å². The Morgan fingerprint density at radius 3 is 2.86 bits per heavy atom. The van der Waals surface area contributed by atoms with Crippen LogP contribution in [0.25, 0.3) is 5.82 Å². The van der Waals surface area contributed by atoms with Gasteiger partial charge in [0.2, 0.25) is 11.7 Å². The minimum Gasteiger partial charge on any atom is -0.485 e. The molecule has 29 heavy (non-hydrogen) atoms. The Kier molecular flexibility index (Phi) is 5.28. The molecule has 0 radical (unpaired) electrons. The highest BCUT2D eigenvalue weighted by molar-refractivity contribution is 5.96. The summed E-state index contributed by atoms with van der Waals surface area (Å²) in [5, 5.41) is 6.67. The van der Waals surface area contributed by atoms with Gasteiger partial charge in [-0.3, -0.25) is 9.36 Å². The molecule has 1 N–H and O–H groups in total. The van der Waals surface area contributed by atoms with Crippen molar-refractivity contribution in [1.29, 1.82) is 0 Å². The van der Waals surface area contributed by atoms with Gasteiger partial charge in [0.05, 0.1) is 5.56 Å². The van der Waals surface area contributed by atoms with Crippen LogP contribution < -0.4 is 10.1 Å². The maximum Gasteiger partial charge on any atom is 0.255 e. The third kappa shape index (κ3) is 4.46. The van der Waals surface area contributed by atoms with Crippen molar-refractivity contribution in [2.45, 2.75) is 20.1 Å². The van der Waals surface area contributed by atoms with Crippen LogP contribution >= 0.6 is 0 Å². The Bertz CT molecular complexity index is 1090. The summed E-state index contributed by atoms with van der Waals surface area (Å²) in [5.41, 5.74) is 1.30. The number of nitrogens with zero attached hydrogens (tertiary/aromatic N) is 5. The average Bonchev–Trinajstić information content (AvgIpc) is 3.43. The fourth-order valence-electron chi connectivity index (χ4n) is 2.67. The van der Waals surface area contributed by atoms with E-state index in [4.69, 9.17) is 9.26 Å². The van der Waals surface area contributed by atoms with Crippen LogP contribution in [0.3, 0.4) is 0 Å². The Morgan fingerprint density at radius 1 is 1.24 bits per heavy atom. The monoisotopic (exact) mass is 390 g/mol. The molecule has 4 rings (SSSR count). The molecule has 1 amide bonds. The van der Waals surface area contributed by atoms with E-state index in [-0.39, 0.29) is 12.5 Å². The Hall–Kier alpha value is -4.01. The molecule has 0 spiro atoms. The summed E-state index contributed by atoms with van der Waals surface area (Å²) in [6, 6.07) is 10.8. The molecule has 0 bridgehead atoms. The predicted octanol–water partition coefficient (Wildman–Crippen LogP) is 2.47. The first kappa shape index (κ1) is 18.4. The number of para-hydroxylation sites is 1. The largest absolute Gasteiger partial charge is 0.485 e. The standard InChI is InChI=1S/C20H18N6O3/c1-14-24-18(25-29-14)12-28-17-5-3-2-4-16(17)20(27)23-11-15-6-7-19(22-10-15)26-9-8-21-13-26/h2-10,13H,11-12H2,1H3,(H,23,27). The van der Waals surface area contributed by atoms with E-state index in [1.165, 1.54) is 0 Å². The fourth-order valence-corrected chi connectivity index (χ4v) is 2.67. The molecular formula is C20H18N6O3. The zero-order valence-electron chi connectivity index (χ0n) is 15.6. The van der Waals surface area contributed by atoms with Crippen LogP contribution in [0.5, 0.6) is 5.75 Å². The SMILES string of the molecule is Cc1nc(COc2ccccc2C(=O)NCc2ccc(-n3ccnc3)nc2)no1. The molecule has 0 atom stereocenters. The normalized spacial score (nSPS) is 10.7. The van der Waals surface area contributed by atoms with Crippen molar-refractivity contribution in [3.05, 3.63) is 84.2 Å². The lowest BCUT2D eigenvalue weighted by atomic mass is 10.2. The molecule has 1 aromatic carbocycles. The molecule has 146 valence electrons. The fraction of sp³-hybridized carbons (Fsp3) is 0.150. The number of nitrogens with one attached hydrogen (secondary N) is 1. The highest BCUT2D eigenvalue weighted by Gasteiger charge is 2.13. The summed E-state index contributed by atoms with van der Waals surface area (Å²) < 4.78 is 12.4. The zero-order chi connectivity index (χ0) is 20.1. The summed E-state index contributed by atoms with van der Waals surface area (Å²) in [5.74, 6) is 1.83. The molecule has 0 unspecified atom stereocenters. The van der Waals surface area contributed by atoms with Gasteiger partial charge in [0.1, 0.15) is 17.9 Å². The smallest absolute Gasteiger partial charge is 0.255 e. The molecule has 9 heteroatoms. The second-order valence-corrected chi connectivity index (χ2v) is 6.19. The first-order valence-electron chi connectivity index (χ1n) is 8.91. The highest BCUT2D eigenvalue weighted by atomic mass is 16.5. The topological polar surface area (TPSA) is 108 Å². The van der Waals surface area contributed by atoms with Gasteiger partial charge >= 0.3 is 0 Å². The van der Waals surface area contributed by atoms with Gasteiger partial charge in [-0.05, 0) is 23.8 Å². The van der Waals surface area contributed by atoms with Gasteiger partial charge < -0.3 is 14.6 Å². The number of imidazole rings is 1. The lowest BCUT2D eigenvalue weighted by molar-refractivity contribution is 0.0946. The summed E-state index contributed by atoms with van der Waals surface area (Å²) in [6.45, 7) is 2.16. The van der Waals surface area contributed by atoms with Crippen molar-refractivity contribution in [3.8, 4) is 11.6 Å². The molecule has 9 nitrogen and oxygen atoms in total. The van der Waals surface area contributed by atoms with Gasteiger partial charge in [-0.15, -0.1) is 0 Å². The van der Waals surface area contributed by atoms with Gasteiger partial charge in [0.25, 0.3) is 5.91 Å². The summed E-state index contributed by atoms with van der Waals surface area (Å²) >= 11 is 0. The van der Waals surface area contributed by atoms with E-state index in [0.29, 0.717) is 29.6 Å². The van der Waals surface area contributed by atoms with E-state index in [1.54, 1.807) is 54.5 Å². The quantitative estimate of drug-likeness (QED) is 0.516. The lowest BCUT2D eigenvalue weighted by Gasteiger charge is -2.11. The zero-order valence-corrected chi connectivity index (χ0v) is 15.6. The lowest BCUT2D eigenvalue weighted by Crippen LogP contribution is -2.23. The van der Waals surface area contributed by atoms with E-state index in [0.717, 1.165) is 11.4 Å². The molecule has 3 heterocycles. The number of benzene rings is 1. The number of aromatic nitrogens is 5. The minimum absolute atomic E-state index is 0.112. The van der Waals surface area contributed by atoms with E-state index in [1.807, 2.05) is 18.3 Å². The maximum atomic E-state index is 12.6. The van der Waals surface area contributed by atoms with Gasteiger partial charge in [-0.25, -0.2) is 9.97 Å². The highest BCUT2D eigenvalue weighted by Crippen LogP contribution is 2.19. The van der Waals surface area contributed by atoms with E-state index >= 15 is 0 Å². The first-order valence-corrected chi connectivity index (χ1v) is 8.91. The van der Waals surface area contributed by atoms with Gasteiger partial charge in [0, 0.05) is 32.1 Å². The van der Waals surface area contributed by atoms with Crippen molar-refractivity contribution >= 4 is 5.91 Å². The molecule has 0 saturated carbocycles. The van der Waals surface area contributed by atoms with Crippen molar-refractivity contribution in [2.75, 3.05) is 0 Å². The second-order valence-electron chi connectivity index (χ2n) is 6.19. The third-order valence-electron chi connectivity index (χ3n) is 4.09. The molecular weight excluding hydrogens is 372 g/mol. The van der Waals surface area contributed by atoms with Crippen LogP contribution in [-0.4, -0.2) is 30.6 Å². The number of aryl methyl sites for hydroxylation is 1. The van der Waals surface area contributed by atoms with Crippen LogP contribution in [0.1, 0.15) is 27.6 Å². The van der Waals surface area contributed by atoms with Crippen molar-refractivity contribution in [1.82, 2.24) is 30.0 Å². The predicted molar refractivity (Wildman–Crippen MR) is 102 cm³/mol. The summed E-state index contributed by atoms with van der Waals surface area (Å²) in [6.07, 6.45) is 6.90. The Labute approximate surface area is 166 Å². The number of carbonyl (C=O) groups excluding carboxylic acids is 1. The molecule has 0 aliphatic heterocycles. The molecule has 0 aliphatic rings. The van der Waals surface area contributed by atoms with Gasteiger partial charge in [-0.2, -0.15) is 4.98 Å².